The maximum atomic E-state index is 5.75. The Morgan fingerprint density at radius 1 is 1.54 bits per heavy atom. The molecule has 1 aromatic rings. The SMILES string of the molecule is C=CC(N)Cc1ccccc1OC. The Balaban J connectivity index is 2.80. The van der Waals surface area contributed by atoms with E-state index in [1.807, 2.05) is 24.3 Å². The molecule has 2 N–H and O–H groups in total. The Morgan fingerprint density at radius 2 is 2.23 bits per heavy atom. The smallest absolute Gasteiger partial charge is 0.122 e. The van der Waals surface area contributed by atoms with Gasteiger partial charge >= 0.3 is 0 Å². The van der Waals surface area contributed by atoms with Crippen LogP contribution < -0.4 is 10.5 Å². The van der Waals surface area contributed by atoms with Gasteiger partial charge in [0.2, 0.25) is 0 Å². The van der Waals surface area contributed by atoms with Gasteiger partial charge in [0.25, 0.3) is 0 Å². The molecule has 1 aromatic carbocycles. The standard InChI is InChI=1S/C11H15NO/c1-3-10(12)8-9-6-4-5-7-11(9)13-2/h3-7,10H,1,8,12H2,2H3. The molecule has 13 heavy (non-hydrogen) atoms. The predicted octanol–water partition coefficient (Wildman–Crippen LogP) is 1.75. The van der Waals surface area contributed by atoms with Crippen LogP contribution in [0.15, 0.2) is 36.9 Å². The van der Waals surface area contributed by atoms with Gasteiger partial charge in [-0.15, -0.1) is 6.58 Å². The Kier molecular flexibility index (Phi) is 3.53. The summed E-state index contributed by atoms with van der Waals surface area (Å²) in [5.74, 6) is 0.889. The number of methoxy groups -OCH3 is 1. The number of nitrogens with two attached hydrogens (primary N) is 1. The van der Waals surface area contributed by atoms with Crippen molar-refractivity contribution in [1.29, 1.82) is 0 Å². The maximum absolute atomic E-state index is 5.75. The quantitative estimate of drug-likeness (QED) is 0.711. The lowest BCUT2D eigenvalue weighted by Crippen LogP contribution is -2.19. The summed E-state index contributed by atoms with van der Waals surface area (Å²) < 4.78 is 5.20. The second-order valence-corrected chi connectivity index (χ2v) is 2.92. The fraction of sp³-hybridized carbons (Fsp3) is 0.273. The zero-order chi connectivity index (χ0) is 9.68. The maximum Gasteiger partial charge on any atom is 0.122 e. The molecule has 0 heterocycles. The molecule has 0 spiro atoms. The molecule has 70 valence electrons. The number of hydrogen-bond acceptors (Lipinski definition) is 2. The molecule has 1 atom stereocenters. The van der Waals surface area contributed by atoms with Crippen LogP contribution in [-0.4, -0.2) is 13.2 Å². The van der Waals surface area contributed by atoms with E-state index in [2.05, 4.69) is 6.58 Å². The van der Waals surface area contributed by atoms with Crippen molar-refractivity contribution in [3.63, 3.8) is 0 Å². The van der Waals surface area contributed by atoms with Crippen LogP contribution in [0, 0.1) is 0 Å². The van der Waals surface area contributed by atoms with Gasteiger partial charge in [-0.1, -0.05) is 24.3 Å². The van der Waals surface area contributed by atoms with Crippen LogP contribution in [0.4, 0.5) is 0 Å². The average Bonchev–Trinajstić information content (AvgIpc) is 2.18. The largest absolute Gasteiger partial charge is 0.496 e. The molecule has 1 unspecified atom stereocenters. The molecule has 1 rings (SSSR count). The molecular weight excluding hydrogens is 162 g/mol. The van der Waals surface area contributed by atoms with Crippen molar-refractivity contribution in [1.82, 2.24) is 0 Å². The summed E-state index contributed by atoms with van der Waals surface area (Å²) in [4.78, 5) is 0. The van der Waals surface area contributed by atoms with Gasteiger partial charge in [-0.2, -0.15) is 0 Å². The van der Waals surface area contributed by atoms with Crippen LogP contribution >= 0.6 is 0 Å². The number of benzene rings is 1. The van der Waals surface area contributed by atoms with Crippen LogP contribution in [0.1, 0.15) is 5.56 Å². The first-order chi connectivity index (χ1) is 6.27. The van der Waals surface area contributed by atoms with Crippen molar-refractivity contribution in [2.24, 2.45) is 5.73 Å². The van der Waals surface area contributed by atoms with E-state index in [1.54, 1.807) is 13.2 Å². The number of rotatable bonds is 4. The normalized spacial score (nSPS) is 12.2. The van der Waals surface area contributed by atoms with Crippen LogP contribution in [0.2, 0.25) is 0 Å². The summed E-state index contributed by atoms with van der Waals surface area (Å²) in [6, 6.07) is 7.87. The summed E-state index contributed by atoms with van der Waals surface area (Å²) >= 11 is 0. The third kappa shape index (κ3) is 2.60. The van der Waals surface area contributed by atoms with Gasteiger partial charge in [0, 0.05) is 6.04 Å². The Bertz CT molecular complexity index is 283. The lowest BCUT2D eigenvalue weighted by molar-refractivity contribution is 0.409. The van der Waals surface area contributed by atoms with Gasteiger partial charge in [0.05, 0.1) is 7.11 Å². The van der Waals surface area contributed by atoms with Gasteiger partial charge < -0.3 is 10.5 Å². The van der Waals surface area contributed by atoms with E-state index in [-0.39, 0.29) is 6.04 Å². The van der Waals surface area contributed by atoms with Crippen molar-refractivity contribution < 1.29 is 4.74 Å². The van der Waals surface area contributed by atoms with E-state index < -0.39 is 0 Å². The van der Waals surface area contributed by atoms with Gasteiger partial charge in [-0.3, -0.25) is 0 Å². The van der Waals surface area contributed by atoms with Crippen molar-refractivity contribution in [3.8, 4) is 5.75 Å². The van der Waals surface area contributed by atoms with E-state index in [0.717, 1.165) is 17.7 Å². The minimum absolute atomic E-state index is 0.00343. The fourth-order valence-corrected chi connectivity index (χ4v) is 1.21. The van der Waals surface area contributed by atoms with Gasteiger partial charge in [-0.25, -0.2) is 0 Å². The van der Waals surface area contributed by atoms with Gasteiger partial charge in [0.1, 0.15) is 5.75 Å². The summed E-state index contributed by atoms with van der Waals surface area (Å²) in [7, 11) is 1.66. The molecule has 0 aliphatic rings. The van der Waals surface area contributed by atoms with Gasteiger partial charge in [0.15, 0.2) is 0 Å². The topological polar surface area (TPSA) is 35.2 Å². The monoisotopic (exact) mass is 177 g/mol. The molecule has 0 aromatic heterocycles. The van der Waals surface area contributed by atoms with E-state index in [4.69, 9.17) is 10.5 Å². The lowest BCUT2D eigenvalue weighted by atomic mass is 10.1. The molecule has 2 nitrogen and oxygen atoms in total. The predicted molar refractivity (Wildman–Crippen MR) is 54.9 cm³/mol. The second kappa shape index (κ2) is 4.67. The zero-order valence-corrected chi connectivity index (χ0v) is 7.86. The highest BCUT2D eigenvalue weighted by Crippen LogP contribution is 2.18. The first-order valence-corrected chi connectivity index (χ1v) is 4.28. The first kappa shape index (κ1) is 9.81. The van der Waals surface area contributed by atoms with Crippen LogP contribution in [0.5, 0.6) is 5.75 Å². The Hall–Kier alpha value is -1.28. The Labute approximate surface area is 79.0 Å². The fourth-order valence-electron chi connectivity index (χ4n) is 1.21. The first-order valence-electron chi connectivity index (χ1n) is 4.28. The number of ether oxygens (including phenoxy) is 1. The molecule has 0 bridgehead atoms. The van der Waals surface area contributed by atoms with Crippen LogP contribution in [-0.2, 0) is 6.42 Å². The summed E-state index contributed by atoms with van der Waals surface area (Å²) in [5, 5.41) is 0. The van der Waals surface area contributed by atoms with Crippen LogP contribution in [0.25, 0.3) is 0 Å². The van der Waals surface area contributed by atoms with E-state index in [0.29, 0.717) is 0 Å². The van der Waals surface area contributed by atoms with Gasteiger partial charge in [-0.05, 0) is 18.1 Å². The van der Waals surface area contributed by atoms with Crippen molar-refractivity contribution in [2.75, 3.05) is 7.11 Å². The molecule has 0 saturated heterocycles. The molecule has 0 amide bonds. The molecule has 0 saturated carbocycles. The number of para-hydroxylation sites is 1. The molecule has 0 aliphatic carbocycles. The summed E-state index contributed by atoms with van der Waals surface area (Å²) in [6.07, 6.45) is 2.51. The van der Waals surface area contributed by atoms with Crippen molar-refractivity contribution in [3.05, 3.63) is 42.5 Å². The van der Waals surface area contributed by atoms with Crippen LogP contribution in [0.3, 0.4) is 0 Å². The minimum Gasteiger partial charge on any atom is -0.496 e. The van der Waals surface area contributed by atoms with Crippen molar-refractivity contribution in [2.45, 2.75) is 12.5 Å². The zero-order valence-electron chi connectivity index (χ0n) is 7.86. The molecular formula is C11H15NO. The van der Waals surface area contributed by atoms with E-state index in [1.165, 1.54) is 0 Å². The summed E-state index contributed by atoms with van der Waals surface area (Å²) in [5.41, 5.74) is 6.88. The van der Waals surface area contributed by atoms with E-state index in [9.17, 15) is 0 Å². The molecule has 0 aliphatic heterocycles. The number of hydrogen-bond donors (Lipinski definition) is 1. The minimum atomic E-state index is -0.00343. The highest BCUT2D eigenvalue weighted by Gasteiger charge is 2.04. The van der Waals surface area contributed by atoms with Crippen molar-refractivity contribution >= 4 is 0 Å². The third-order valence-electron chi connectivity index (χ3n) is 1.95. The Morgan fingerprint density at radius 3 is 2.85 bits per heavy atom. The molecule has 2 heteroatoms. The highest BCUT2D eigenvalue weighted by molar-refractivity contribution is 5.34. The molecule has 0 radical (unpaired) electrons. The van der Waals surface area contributed by atoms with E-state index >= 15 is 0 Å². The average molecular weight is 177 g/mol. The third-order valence-corrected chi connectivity index (χ3v) is 1.95. The molecule has 0 fully saturated rings. The lowest BCUT2D eigenvalue weighted by Gasteiger charge is -2.10. The summed E-state index contributed by atoms with van der Waals surface area (Å²) in [6.45, 7) is 3.65. The highest BCUT2D eigenvalue weighted by atomic mass is 16.5. The second-order valence-electron chi connectivity index (χ2n) is 2.92.